The number of aromatic nitrogens is 3. The maximum Gasteiger partial charge on any atom is 0.251 e. The second-order valence-electron chi connectivity index (χ2n) is 6.66. The van der Waals surface area contributed by atoms with E-state index >= 15 is 0 Å². The Hall–Kier alpha value is -2.72. The summed E-state index contributed by atoms with van der Waals surface area (Å²) in [5.74, 6) is -0.435. The van der Waals surface area contributed by atoms with E-state index in [2.05, 4.69) is 36.8 Å². The first-order valence-electron chi connectivity index (χ1n) is 9.52. The van der Waals surface area contributed by atoms with Crippen molar-refractivity contribution < 1.29 is 14.0 Å². The molecule has 0 aliphatic rings. The fraction of sp³-hybridized carbons (Fsp3) is 0.238. The average Bonchev–Trinajstić information content (AvgIpc) is 3.14. The summed E-state index contributed by atoms with van der Waals surface area (Å²) < 4.78 is 16.3. The number of amides is 2. The minimum atomic E-state index is -0.518. The number of benzene rings is 2. The van der Waals surface area contributed by atoms with Crippen molar-refractivity contribution in [2.24, 2.45) is 0 Å². The summed E-state index contributed by atoms with van der Waals surface area (Å²) >= 11 is 4.37. The highest BCUT2D eigenvalue weighted by molar-refractivity contribution is 9.10. The predicted molar refractivity (Wildman–Crippen MR) is 121 cm³/mol. The van der Waals surface area contributed by atoms with Gasteiger partial charge in [0.1, 0.15) is 5.82 Å². The Labute approximate surface area is 192 Å². The zero-order valence-corrected chi connectivity index (χ0v) is 19.4. The lowest BCUT2D eigenvalue weighted by atomic mass is 10.1. The number of hydrogen-bond donors (Lipinski definition) is 2. The molecule has 0 saturated carbocycles. The lowest BCUT2D eigenvalue weighted by molar-refractivity contribution is -0.113. The van der Waals surface area contributed by atoms with Gasteiger partial charge in [0.2, 0.25) is 5.91 Å². The maximum atomic E-state index is 13.9. The van der Waals surface area contributed by atoms with Gasteiger partial charge in [-0.15, -0.1) is 10.2 Å². The zero-order valence-electron chi connectivity index (χ0n) is 17.0. The van der Waals surface area contributed by atoms with E-state index in [-0.39, 0.29) is 29.8 Å². The maximum absolute atomic E-state index is 13.9. The molecule has 0 bridgehead atoms. The van der Waals surface area contributed by atoms with Gasteiger partial charge in [-0.3, -0.25) is 9.59 Å². The number of halogens is 2. The smallest absolute Gasteiger partial charge is 0.251 e. The zero-order chi connectivity index (χ0) is 22.4. The van der Waals surface area contributed by atoms with Gasteiger partial charge >= 0.3 is 0 Å². The van der Waals surface area contributed by atoms with E-state index < -0.39 is 5.82 Å². The van der Waals surface area contributed by atoms with Gasteiger partial charge in [0.25, 0.3) is 5.91 Å². The number of carbonyl (C=O) groups excluding carboxylic acids is 2. The summed E-state index contributed by atoms with van der Waals surface area (Å²) in [6, 6.07) is 11.7. The molecule has 1 aromatic heterocycles. The highest BCUT2D eigenvalue weighted by Crippen LogP contribution is 2.21. The molecular weight excluding hydrogens is 485 g/mol. The fourth-order valence-corrected chi connectivity index (χ4v) is 3.98. The van der Waals surface area contributed by atoms with E-state index in [1.165, 1.54) is 23.9 Å². The average molecular weight is 506 g/mol. The molecule has 0 spiro atoms. The Kier molecular flexibility index (Phi) is 7.80. The number of nitrogens with one attached hydrogen (secondary N) is 2. The molecule has 1 heterocycles. The Morgan fingerprint density at radius 1 is 1.19 bits per heavy atom. The Balaban J connectivity index is 1.58. The molecule has 3 rings (SSSR count). The molecule has 2 aromatic carbocycles. The molecule has 7 nitrogen and oxygen atoms in total. The van der Waals surface area contributed by atoms with Crippen LogP contribution in [0.15, 0.2) is 52.1 Å². The van der Waals surface area contributed by atoms with E-state index in [1.54, 1.807) is 12.1 Å². The van der Waals surface area contributed by atoms with Crippen molar-refractivity contribution in [3.8, 4) is 0 Å². The van der Waals surface area contributed by atoms with Gasteiger partial charge in [-0.2, -0.15) is 0 Å². The highest BCUT2D eigenvalue weighted by atomic mass is 79.9. The summed E-state index contributed by atoms with van der Waals surface area (Å²) in [6.45, 7) is 4.64. The molecule has 162 valence electrons. The number of carbonyl (C=O) groups is 2. The molecule has 0 radical (unpaired) electrons. The summed E-state index contributed by atoms with van der Waals surface area (Å²) in [7, 11) is 0. The van der Waals surface area contributed by atoms with Crippen LogP contribution in [-0.2, 0) is 17.9 Å². The minimum absolute atomic E-state index is 0.0449. The number of hydrogen-bond acceptors (Lipinski definition) is 5. The normalized spacial score (nSPS) is 10.7. The van der Waals surface area contributed by atoms with Crippen LogP contribution in [0.2, 0.25) is 0 Å². The van der Waals surface area contributed by atoms with Crippen molar-refractivity contribution in [3.05, 3.63) is 69.7 Å². The third kappa shape index (κ3) is 6.14. The van der Waals surface area contributed by atoms with E-state index in [1.807, 2.05) is 36.6 Å². The van der Waals surface area contributed by atoms with Crippen LogP contribution in [0, 0.1) is 12.7 Å². The van der Waals surface area contributed by atoms with Crippen LogP contribution in [0.5, 0.6) is 0 Å². The van der Waals surface area contributed by atoms with E-state index in [4.69, 9.17) is 0 Å². The molecule has 31 heavy (non-hydrogen) atoms. The number of thioether (sulfide) groups is 1. The van der Waals surface area contributed by atoms with Crippen molar-refractivity contribution in [3.63, 3.8) is 0 Å². The van der Waals surface area contributed by atoms with Crippen LogP contribution in [0.1, 0.15) is 28.7 Å². The molecule has 10 heteroatoms. The van der Waals surface area contributed by atoms with Gasteiger partial charge < -0.3 is 15.2 Å². The molecule has 2 N–H and O–H groups in total. The van der Waals surface area contributed by atoms with Crippen LogP contribution < -0.4 is 10.6 Å². The second kappa shape index (κ2) is 10.5. The largest absolute Gasteiger partial charge is 0.345 e. The number of aryl methyl sites for hydroxylation is 1. The lowest BCUT2D eigenvalue weighted by Gasteiger charge is -2.09. The summed E-state index contributed by atoms with van der Waals surface area (Å²) in [4.78, 5) is 24.6. The molecule has 2 amide bonds. The quantitative estimate of drug-likeness (QED) is 0.448. The Morgan fingerprint density at radius 2 is 2.00 bits per heavy atom. The van der Waals surface area contributed by atoms with E-state index in [0.717, 1.165) is 5.56 Å². The van der Waals surface area contributed by atoms with Gasteiger partial charge in [-0.05, 0) is 44.2 Å². The molecular formula is C21H21BrFN5O2S. The summed E-state index contributed by atoms with van der Waals surface area (Å²) in [5, 5.41) is 14.2. The number of rotatable bonds is 8. The molecule has 0 atom stereocenters. The van der Waals surface area contributed by atoms with Crippen LogP contribution in [0.25, 0.3) is 0 Å². The van der Waals surface area contributed by atoms with Crippen molar-refractivity contribution in [2.75, 3.05) is 11.1 Å². The number of anilines is 1. The standard InChI is InChI=1S/C21H21BrFN5O2S/c1-3-28-18(11-24-20(30)14-6-4-5-13(2)9-14)26-27-21(28)31-12-19(29)25-17-8-7-15(22)10-16(17)23/h4-10H,3,11-12H2,1-2H3,(H,24,30)(H,25,29). The van der Waals surface area contributed by atoms with Crippen LogP contribution in [-0.4, -0.2) is 32.3 Å². The van der Waals surface area contributed by atoms with E-state index in [9.17, 15) is 14.0 Å². The van der Waals surface area contributed by atoms with Crippen molar-refractivity contribution in [1.82, 2.24) is 20.1 Å². The van der Waals surface area contributed by atoms with Gasteiger partial charge in [0.15, 0.2) is 11.0 Å². The van der Waals surface area contributed by atoms with Crippen LogP contribution >= 0.6 is 27.7 Å². The molecule has 0 fully saturated rings. The Bertz CT molecular complexity index is 1110. The van der Waals surface area contributed by atoms with Crippen LogP contribution in [0.4, 0.5) is 10.1 Å². The topological polar surface area (TPSA) is 88.9 Å². The third-order valence-corrected chi connectivity index (χ3v) is 5.79. The molecule has 0 aliphatic heterocycles. The predicted octanol–water partition coefficient (Wildman–Crippen LogP) is 4.17. The molecule has 0 unspecified atom stereocenters. The van der Waals surface area contributed by atoms with Gasteiger partial charge in [0.05, 0.1) is 18.0 Å². The van der Waals surface area contributed by atoms with Gasteiger partial charge in [-0.1, -0.05) is 45.4 Å². The minimum Gasteiger partial charge on any atom is -0.345 e. The van der Waals surface area contributed by atoms with Crippen molar-refractivity contribution in [2.45, 2.75) is 32.1 Å². The van der Waals surface area contributed by atoms with Crippen LogP contribution in [0.3, 0.4) is 0 Å². The highest BCUT2D eigenvalue weighted by Gasteiger charge is 2.15. The summed E-state index contributed by atoms with van der Waals surface area (Å²) in [5.41, 5.74) is 1.70. The lowest BCUT2D eigenvalue weighted by Crippen LogP contribution is -2.25. The van der Waals surface area contributed by atoms with Gasteiger partial charge in [-0.25, -0.2) is 4.39 Å². The summed E-state index contributed by atoms with van der Waals surface area (Å²) in [6.07, 6.45) is 0. The molecule has 0 saturated heterocycles. The van der Waals surface area contributed by atoms with Gasteiger partial charge in [0, 0.05) is 16.6 Å². The van der Waals surface area contributed by atoms with E-state index in [0.29, 0.717) is 27.6 Å². The van der Waals surface area contributed by atoms with Crippen molar-refractivity contribution in [1.29, 1.82) is 0 Å². The first kappa shape index (κ1) is 23.0. The SMILES string of the molecule is CCn1c(CNC(=O)c2cccc(C)c2)nnc1SCC(=O)Nc1ccc(Br)cc1F. The fourth-order valence-electron chi connectivity index (χ4n) is 2.83. The monoisotopic (exact) mass is 505 g/mol. The molecule has 3 aromatic rings. The first-order valence-corrected chi connectivity index (χ1v) is 11.3. The third-order valence-electron chi connectivity index (χ3n) is 4.33. The number of nitrogens with zero attached hydrogens (tertiary/aromatic N) is 3. The first-order chi connectivity index (χ1) is 14.9. The second-order valence-corrected chi connectivity index (χ2v) is 8.51. The van der Waals surface area contributed by atoms with Crippen molar-refractivity contribution >= 4 is 45.2 Å². The molecule has 0 aliphatic carbocycles. The Morgan fingerprint density at radius 3 is 2.71 bits per heavy atom.